The summed E-state index contributed by atoms with van der Waals surface area (Å²) in [5.74, 6) is -0.688. The van der Waals surface area contributed by atoms with E-state index in [2.05, 4.69) is 33.9 Å². The molecule has 0 aliphatic carbocycles. The zero-order valence-electron chi connectivity index (χ0n) is 12.3. The van der Waals surface area contributed by atoms with Crippen LogP contribution in [0.1, 0.15) is 34.1 Å². The second-order valence-electron chi connectivity index (χ2n) is 6.71. The van der Waals surface area contributed by atoms with Crippen LogP contribution >= 0.6 is 0 Å². The molecule has 1 rings (SSSR count). The number of rotatable bonds is 4. The Morgan fingerprint density at radius 2 is 2.06 bits per heavy atom. The third kappa shape index (κ3) is 3.55. The molecule has 1 heterocycles. The molecule has 1 fully saturated rings. The first kappa shape index (κ1) is 15.7. The molecule has 0 bridgehead atoms. The summed E-state index contributed by atoms with van der Waals surface area (Å²) in [6.07, 6.45) is -0.285. The van der Waals surface area contributed by atoms with Gasteiger partial charge in [-0.25, -0.2) is 0 Å². The Hall–Kier alpha value is -0.393. The number of aliphatic hydroxyl groups excluding tert-OH is 1. The van der Waals surface area contributed by atoms with Crippen LogP contribution in [0.5, 0.6) is 0 Å². The van der Waals surface area contributed by atoms with Gasteiger partial charge in [-0.05, 0) is 25.1 Å². The first-order chi connectivity index (χ1) is 8.04. The first-order valence-corrected chi connectivity index (χ1v) is 9.48. The third-order valence-corrected chi connectivity index (χ3v) is 8.62. The molecule has 0 aromatic carbocycles. The number of carbonyl (C=O) groups is 1. The molecular weight excluding hydrogens is 248 g/mol. The quantitative estimate of drug-likeness (QED) is 0.631. The molecule has 0 unspecified atom stereocenters. The topological polar surface area (TPSA) is 55.8 Å². The molecule has 1 N–H and O–H groups in total. The molecule has 0 amide bonds. The molecule has 0 spiro atoms. The van der Waals surface area contributed by atoms with Gasteiger partial charge in [-0.2, -0.15) is 0 Å². The van der Waals surface area contributed by atoms with Crippen molar-refractivity contribution in [2.75, 3.05) is 6.61 Å². The van der Waals surface area contributed by atoms with Crippen LogP contribution in [-0.2, 0) is 14.0 Å². The van der Waals surface area contributed by atoms with Gasteiger partial charge in [0.25, 0.3) is 0 Å². The van der Waals surface area contributed by atoms with Crippen molar-refractivity contribution in [1.29, 1.82) is 0 Å². The fourth-order valence-electron chi connectivity index (χ4n) is 1.69. The van der Waals surface area contributed by atoms with Gasteiger partial charge in [0.05, 0.1) is 18.6 Å². The van der Waals surface area contributed by atoms with Gasteiger partial charge in [0, 0.05) is 6.42 Å². The first-order valence-electron chi connectivity index (χ1n) is 6.57. The van der Waals surface area contributed by atoms with E-state index < -0.39 is 20.3 Å². The third-order valence-electron chi connectivity index (χ3n) is 4.12. The minimum atomic E-state index is -1.80. The lowest BCUT2D eigenvalue weighted by Crippen LogP contribution is -2.42. The summed E-state index contributed by atoms with van der Waals surface area (Å²) in [5.41, 5.74) is 0. The van der Waals surface area contributed by atoms with Crippen molar-refractivity contribution in [1.82, 2.24) is 0 Å². The second-order valence-corrected chi connectivity index (χ2v) is 11.5. The Kier molecular flexibility index (Phi) is 4.62. The van der Waals surface area contributed by atoms with Crippen LogP contribution in [0.4, 0.5) is 0 Å². The highest BCUT2D eigenvalue weighted by atomic mass is 28.4. The minimum Gasteiger partial charge on any atom is -0.460 e. The van der Waals surface area contributed by atoms with Gasteiger partial charge in [-0.3, -0.25) is 4.79 Å². The average Bonchev–Trinajstić information content (AvgIpc) is 2.55. The molecule has 0 aromatic heterocycles. The number of hydrogen-bond acceptors (Lipinski definition) is 4. The lowest BCUT2D eigenvalue weighted by Gasteiger charge is -2.36. The molecule has 0 saturated carbocycles. The van der Waals surface area contributed by atoms with Gasteiger partial charge in [0.15, 0.2) is 8.32 Å². The molecule has 1 aliphatic rings. The van der Waals surface area contributed by atoms with Crippen molar-refractivity contribution >= 4 is 14.3 Å². The molecule has 0 radical (unpaired) electrons. The fourth-order valence-corrected chi connectivity index (χ4v) is 2.73. The highest BCUT2D eigenvalue weighted by Crippen LogP contribution is 2.37. The van der Waals surface area contributed by atoms with Crippen LogP contribution in [0, 0.1) is 5.92 Å². The number of cyclic esters (lactones) is 1. The molecule has 3 atom stereocenters. The van der Waals surface area contributed by atoms with E-state index >= 15 is 0 Å². The van der Waals surface area contributed by atoms with Crippen LogP contribution in [0.25, 0.3) is 0 Å². The normalized spacial score (nSPS) is 27.2. The van der Waals surface area contributed by atoms with E-state index in [1.165, 1.54) is 0 Å². The molecule has 106 valence electrons. The van der Waals surface area contributed by atoms with E-state index in [0.29, 0.717) is 13.0 Å². The van der Waals surface area contributed by atoms with Crippen molar-refractivity contribution in [3.05, 3.63) is 0 Å². The number of carbonyl (C=O) groups excluding carboxylic acids is 1. The Balaban J connectivity index is 2.50. The minimum absolute atomic E-state index is 0.152. The Morgan fingerprint density at radius 1 is 1.50 bits per heavy atom. The van der Waals surface area contributed by atoms with E-state index in [1.54, 1.807) is 6.92 Å². The Labute approximate surface area is 111 Å². The van der Waals surface area contributed by atoms with Gasteiger partial charge in [0.2, 0.25) is 0 Å². The monoisotopic (exact) mass is 274 g/mol. The van der Waals surface area contributed by atoms with Crippen LogP contribution in [0.15, 0.2) is 0 Å². The lowest BCUT2D eigenvalue weighted by atomic mass is 10.0. The number of hydrogen-bond donors (Lipinski definition) is 1. The Morgan fingerprint density at radius 3 is 2.44 bits per heavy atom. The smallest absolute Gasteiger partial charge is 0.312 e. The number of ether oxygens (including phenoxy) is 1. The van der Waals surface area contributed by atoms with Crippen molar-refractivity contribution in [3.63, 3.8) is 0 Å². The van der Waals surface area contributed by atoms with Crippen molar-refractivity contribution < 1.29 is 19.1 Å². The van der Waals surface area contributed by atoms with Crippen LogP contribution in [0.3, 0.4) is 0 Å². The van der Waals surface area contributed by atoms with Gasteiger partial charge in [-0.15, -0.1) is 0 Å². The van der Waals surface area contributed by atoms with Crippen LogP contribution in [-0.4, -0.2) is 38.2 Å². The highest BCUT2D eigenvalue weighted by molar-refractivity contribution is 6.74. The highest BCUT2D eigenvalue weighted by Gasteiger charge is 2.41. The van der Waals surface area contributed by atoms with E-state index in [9.17, 15) is 9.90 Å². The van der Waals surface area contributed by atoms with Gasteiger partial charge >= 0.3 is 5.97 Å². The zero-order valence-corrected chi connectivity index (χ0v) is 13.3. The van der Waals surface area contributed by atoms with E-state index in [-0.39, 0.29) is 17.1 Å². The molecule has 0 aromatic rings. The predicted octanol–water partition coefficient (Wildman–Crippen LogP) is 2.32. The molecule has 5 heteroatoms. The molecule has 18 heavy (non-hydrogen) atoms. The molecule has 1 saturated heterocycles. The summed E-state index contributed by atoms with van der Waals surface area (Å²) < 4.78 is 11.3. The summed E-state index contributed by atoms with van der Waals surface area (Å²) in [4.78, 5) is 11.5. The Bertz CT molecular complexity index is 307. The van der Waals surface area contributed by atoms with Crippen molar-refractivity contribution in [2.45, 2.75) is 64.5 Å². The summed E-state index contributed by atoms with van der Waals surface area (Å²) >= 11 is 0. The second kappa shape index (κ2) is 5.31. The largest absolute Gasteiger partial charge is 0.460 e. The number of aliphatic hydroxyl groups is 1. The average molecular weight is 274 g/mol. The van der Waals surface area contributed by atoms with Crippen molar-refractivity contribution in [3.8, 4) is 0 Å². The van der Waals surface area contributed by atoms with Gasteiger partial charge in [0.1, 0.15) is 6.10 Å². The maximum Gasteiger partial charge on any atom is 0.312 e. The fraction of sp³-hybridized carbons (Fsp3) is 0.923. The molecule has 4 nitrogen and oxygen atoms in total. The van der Waals surface area contributed by atoms with Crippen molar-refractivity contribution in [2.24, 2.45) is 5.92 Å². The summed E-state index contributed by atoms with van der Waals surface area (Å²) in [6, 6.07) is 0. The lowest BCUT2D eigenvalue weighted by molar-refractivity contribution is -0.147. The maximum atomic E-state index is 11.5. The van der Waals surface area contributed by atoms with Gasteiger partial charge < -0.3 is 14.3 Å². The standard InChI is InChI=1S/C13H26O4Si/c1-9(14)11-7-10(17-12(11)15)8-16-18(5,6)13(2,3)4/h9-11,14H,7-8H2,1-6H3/t9-,10+,11-/m0/s1. The van der Waals surface area contributed by atoms with E-state index in [1.807, 2.05) is 0 Å². The summed E-state index contributed by atoms with van der Waals surface area (Å²) in [5, 5.41) is 9.62. The summed E-state index contributed by atoms with van der Waals surface area (Å²) in [7, 11) is -1.80. The van der Waals surface area contributed by atoms with E-state index in [0.717, 1.165) is 0 Å². The maximum absolute atomic E-state index is 11.5. The van der Waals surface area contributed by atoms with Crippen LogP contribution in [0.2, 0.25) is 18.1 Å². The SMILES string of the molecule is C[C@H](O)[C@@H]1C[C@H](CO[Si](C)(C)C(C)(C)C)OC1=O. The summed E-state index contributed by atoms with van der Waals surface area (Å²) in [6.45, 7) is 13.0. The van der Waals surface area contributed by atoms with E-state index in [4.69, 9.17) is 9.16 Å². The molecular formula is C13H26O4Si. The molecule has 1 aliphatic heterocycles. The predicted molar refractivity (Wildman–Crippen MR) is 72.8 cm³/mol. The van der Waals surface area contributed by atoms with Gasteiger partial charge in [-0.1, -0.05) is 20.8 Å². The van der Waals surface area contributed by atoms with Crippen LogP contribution < -0.4 is 0 Å². The number of esters is 1. The zero-order chi connectivity index (χ0) is 14.1.